The molecule has 0 N–H and O–H groups in total. The van der Waals surface area contributed by atoms with Crippen LogP contribution in [0.3, 0.4) is 0 Å². The lowest BCUT2D eigenvalue weighted by Crippen LogP contribution is -2.15. The molecule has 0 saturated carbocycles. The van der Waals surface area contributed by atoms with Gasteiger partial charge in [-0.05, 0) is 18.4 Å². The topological polar surface area (TPSA) is 0 Å². The van der Waals surface area contributed by atoms with E-state index in [2.05, 4.69) is 38.1 Å². The fraction of sp³-hybridized carbons (Fsp3) is 0.571. The predicted molar refractivity (Wildman–Crippen MR) is 71.2 cm³/mol. The summed E-state index contributed by atoms with van der Waals surface area (Å²) in [5, 5.41) is 4.03. The van der Waals surface area contributed by atoms with Gasteiger partial charge in [0.25, 0.3) is 14.1 Å². The Hall–Kier alpha value is -0.318. The molecule has 1 rings (SSSR count). The summed E-state index contributed by atoms with van der Waals surface area (Å²) in [7, 11) is 0. The Bertz CT molecular complexity index is 295. The summed E-state index contributed by atoms with van der Waals surface area (Å²) < 4.78 is 12.2. The van der Waals surface area contributed by atoms with E-state index in [1.165, 1.54) is 27.0 Å². The van der Waals surface area contributed by atoms with Crippen LogP contribution >= 0.6 is 0 Å². The maximum Gasteiger partial charge on any atom is 0.266 e. The van der Waals surface area contributed by atoms with Crippen molar-refractivity contribution in [3.05, 3.63) is 35.4 Å². The van der Waals surface area contributed by atoms with E-state index in [-0.39, 0.29) is 6.67 Å². The van der Waals surface area contributed by atoms with Gasteiger partial charge in [0.05, 0.1) is 6.67 Å². The highest BCUT2D eigenvalue weighted by atomic mass is 27.2. The van der Waals surface area contributed by atoms with Gasteiger partial charge in [-0.3, -0.25) is 4.39 Å². The van der Waals surface area contributed by atoms with Gasteiger partial charge in [-0.2, -0.15) is 0 Å². The molecule has 0 radical (unpaired) electrons. The van der Waals surface area contributed by atoms with Gasteiger partial charge in [-0.1, -0.05) is 59.5 Å². The first-order chi connectivity index (χ1) is 7.81. The molecule has 0 spiro atoms. The number of rotatable bonds is 7. The zero-order valence-electron chi connectivity index (χ0n) is 10.5. The molecule has 0 aliphatic heterocycles. The molecule has 0 atom stereocenters. The fourth-order valence-corrected chi connectivity index (χ4v) is 4.32. The van der Waals surface area contributed by atoms with E-state index in [1.54, 1.807) is 0 Å². The van der Waals surface area contributed by atoms with Gasteiger partial charge in [-0.15, -0.1) is 0 Å². The number of halogens is 1. The molecule has 0 nitrogen and oxygen atoms in total. The highest BCUT2D eigenvalue weighted by Crippen LogP contribution is 2.15. The van der Waals surface area contributed by atoms with Crippen LogP contribution in [0, 0.1) is 0 Å². The van der Waals surface area contributed by atoms with Crippen molar-refractivity contribution in [1.82, 2.24) is 0 Å². The van der Waals surface area contributed by atoms with Crippen LogP contribution in [0.4, 0.5) is 4.39 Å². The largest absolute Gasteiger partial charge is 0.266 e. The van der Waals surface area contributed by atoms with Gasteiger partial charge < -0.3 is 0 Å². The molecule has 0 saturated heterocycles. The normalized spacial score (nSPS) is 10.4. The molecule has 88 valence electrons. The van der Waals surface area contributed by atoms with Crippen molar-refractivity contribution >= 4 is 14.1 Å². The summed E-state index contributed by atoms with van der Waals surface area (Å²) in [6.45, 7) is 4.42. The molecule has 0 aliphatic rings. The molecule has 2 heteroatoms. The minimum Gasteiger partial charge on any atom is -0.251 e. The number of hydrogen-bond donors (Lipinski definition) is 0. The van der Waals surface area contributed by atoms with Crippen LogP contribution in [-0.4, -0.2) is 20.8 Å². The molecule has 1 aromatic carbocycles. The highest BCUT2D eigenvalue weighted by molar-refractivity contribution is 6.58. The lowest BCUT2D eigenvalue weighted by molar-refractivity contribution is 0.472. The zero-order valence-corrected chi connectivity index (χ0v) is 11.7. The third-order valence-electron chi connectivity index (χ3n) is 3.36. The monoisotopic (exact) mass is 236 g/mol. The van der Waals surface area contributed by atoms with E-state index in [9.17, 15) is 4.39 Å². The third kappa shape index (κ3) is 4.28. The van der Waals surface area contributed by atoms with Crippen molar-refractivity contribution in [2.45, 2.75) is 42.5 Å². The van der Waals surface area contributed by atoms with Crippen molar-refractivity contribution in [2.24, 2.45) is 0 Å². The number of hydrogen-bond acceptors (Lipinski definition) is 0. The molecule has 0 amide bonds. The molecular weight excluding hydrogens is 214 g/mol. The number of aryl methyl sites for hydroxylation is 1. The minimum absolute atomic E-state index is 0.198. The molecular formula is C14H22AlF. The summed E-state index contributed by atoms with van der Waals surface area (Å²) >= 11 is -0.574. The Morgan fingerprint density at radius 3 is 2.25 bits per heavy atom. The summed E-state index contributed by atoms with van der Waals surface area (Å²) in [6, 6.07) is 8.59. The Kier molecular flexibility index (Phi) is 6.77. The maximum atomic E-state index is 12.2. The van der Waals surface area contributed by atoms with Crippen molar-refractivity contribution in [1.29, 1.82) is 0 Å². The smallest absolute Gasteiger partial charge is 0.251 e. The summed E-state index contributed by atoms with van der Waals surface area (Å²) in [5.41, 5.74) is 2.86. The van der Waals surface area contributed by atoms with E-state index in [1.807, 2.05) is 0 Å². The third-order valence-corrected chi connectivity index (χ3v) is 6.69. The highest BCUT2D eigenvalue weighted by Gasteiger charge is 2.14. The molecule has 0 unspecified atom stereocenters. The molecule has 0 fully saturated rings. The second-order valence-electron chi connectivity index (χ2n) is 4.45. The van der Waals surface area contributed by atoms with Gasteiger partial charge in [-0.25, -0.2) is 0 Å². The molecule has 0 heterocycles. The van der Waals surface area contributed by atoms with E-state index in [0.29, 0.717) is 6.42 Å². The Labute approximate surface area is 103 Å². The van der Waals surface area contributed by atoms with Crippen LogP contribution in [0.15, 0.2) is 24.3 Å². The first-order valence-electron chi connectivity index (χ1n) is 6.44. The minimum atomic E-state index is -0.574. The van der Waals surface area contributed by atoms with Crippen LogP contribution in [0.1, 0.15) is 31.4 Å². The van der Waals surface area contributed by atoms with Gasteiger partial charge in [0.15, 0.2) is 0 Å². The van der Waals surface area contributed by atoms with E-state index in [4.69, 9.17) is 0 Å². The summed E-state index contributed by atoms with van der Waals surface area (Å²) in [5.74, 6) is 0. The SMILES string of the molecule is C[CH2][Al]([CH2]C)[CH2]c1ccccc1CCCF. The predicted octanol–water partition coefficient (Wildman–Crippen LogP) is 4.21. The van der Waals surface area contributed by atoms with E-state index in [0.717, 1.165) is 6.42 Å². The Morgan fingerprint density at radius 2 is 1.69 bits per heavy atom. The van der Waals surface area contributed by atoms with Crippen LogP contribution in [0.25, 0.3) is 0 Å². The second kappa shape index (κ2) is 7.88. The second-order valence-corrected chi connectivity index (χ2v) is 8.22. The van der Waals surface area contributed by atoms with Gasteiger partial charge in [0.1, 0.15) is 0 Å². The fourth-order valence-electron chi connectivity index (χ4n) is 2.15. The number of benzene rings is 1. The molecule has 0 aliphatic carbocycles. The van der Waals surface area contributed by atoms with E-state index < -0.39 is 14.1 Å². The Morgan fingerprint density at radius 1 is 1.06 bits per heavy atom. The average molecular weight is 236 g/mol. The summed E-state index contributed by atoms with van der Waals surface area (Å²) in [4.78, 5) is 0. The zero-order chi connectivity index (χ0) is 11.8. The standard InChI is InChI=1S/C10H12F.2C2H5.Al/c1-9-5-2-3-6-10(9)7-4-8-11;2*1-2;/h2-3,5-6H,1,4,7-8H2;2*1H2,2H3;. The van der Waals surface area contributed by atoms with Crippen molar-refractivity contribution in [3.8, 4) is 0 Å². The lowest BCUT2D eigenvalue weighted by Gasteiger charge is -2.11. The first-order valence-corrected chi connectivity index (χ1v) is 8.89. The van der Waals surface area contributed by atoms with Crippen molar-refractivity contribution in [2.75, 3.05) is 6.67 Å². The summed E-state index contributed by atoms with van der Waals surface area (Å²) in [6.07, 6.45) is 1.57. The lowest BCUT2D eigenvalue weighted by atomic mass is 10.0. The molecule has 0 aromatic heterocycles. The number of alkyl halides is 1. The molecule has 16 heavy (non-hydrogen) atoms. The maximum absolute atomic E-state index is 12.2. The van der Waals surface area contributed by atoms with Crippen molar-refractivity contribution < 1.29 is 4.39 Å². The van der Waals surface area contributed by atoms with Crippen molar-refractivity contribution in [3.63, 3.8) is 0 Å². The average Bonchev–Trinajstić information content (AvgIpc) is 2.34. The first kappa shape index (κ1) is 13.7. The van der Waals surface area contributed by atoms with E-state index >= 15 is 0 Å². The quantitative estimate of drug-likeness (QED) is 0.622. The van der Waals surface area contributed by atoms with Gasteiger partial charge in [0.2, 0.25) is 0 Å². The Balaban J connectivity index is 2.69. The van der Waals surface area contributed by atoms with Crippen LogP contribution in [0.5, 0.6) is 0 Å². The van der Waals surface area contributed by atoms with Gasteiger partial charge >= 0.3 is 0 Å². The molecule has 1 aromatic rings. The van der Waals surface area contributed by atoms with Crippen LogP contribution in [-0.2, 0) is 11.7 Å². The van der Waals surface area contributed by atoms with Crippen LogP contribution in [0.2, 0.25) is 10.6 Å². The van der Waals surface area contributed by atoms with Crippen LogP contribution < -0.4 is 0 Å². The molecule has 0 bridgehead atoms. The van der Waals surface area contributed by atoms with Gasteiger partial charge in [0, 0.05) is 0 Å².